The Morgan fingerprint density at radius 1 is 1.75 bits per heavy atom. The van der Waals surface area contributed by atoms with Crippen molar-refractivity contribution in [1.29, 1.82) is 0 Å². The van der Waals surface area contributed by atoms with Crippen molar-refractivity contribution in [3.8, 4) is 0 Å². The maximum atomic E-state index is 11.1. The molecule has 12 heavy (non-hydrogen) atoms. The fourth-order valence-electron chi connectivity index (χ4n) is 2.37. The van der Waals surface area contributed by atoms with Crippen LogP contribution in [-0.4, -0.2) is 24.8 Å². The van der Waals surface area contributed by atoms with Crippen molar-refractivity contribution in [3.05, 3.63) is 0 Å². The molecule has 68 valence electrons. The van der Waals surface area contributed by atoms with Crippen molar-refractivity contribution in [1.82, 2.24) is 5.32 Å². The molecule has 0 aromatic carbocycles. The lowest BCUT2D eigenvalue weighted by Crippen LogP contribution is -2.51. The van der Waals surface area contributed by atoms with Crippen LogP contribution >= 0.6 is 0 Å². The Labute approximate surface area is 71.4 Å². The van der Waals surface area contributed by atoms with Gasteiger partial charge in [0.05, 0.1) is 12.0 Å². The predicted molar refractivity (Wildman–Crippen MR) is 43.2 cm³/mol. The first kappa shape index (κ1) is 8.01. The SMILES string of the molecule is CNC12CCC(CC1C(N)=O)O2. The molecule has 1 amide bonds. The van der Waals surface area contributed by atoms with E-state index in [1.165, 1.54) is 0 Å². The maximum Gasteiger partial charge on any atom is 0.224 e. The Morgan fingerprint density at radius 3 is 2.92 bits per heavy atom. The molecule has 4 heteroatoms. The molecule has 4 nitrogen and oxygen atoms in total. The fraction of sp³-hybridized carbons (Fsp3) is 0.875. The van der Waals surface area contributed by atoms with Crippen LogP contribution in [0.2, 0.25) is 0 Å². The van der Waals surface area contributed by atoms with Crippen LogP contribution in [0.15, 0.2) is 0 Å². The van der Waals surface area contributed by atoms with Gasteiger partial charge in [0.15, 0.2) is 0 Å². The number of ether oxygens (including phenoxy) is 1. The second-order valence-electron chi connectivity index (χ2n) is 3.61. The summed E-state index contributed by atoms with van der Waals surface area (Å²) in [5.74, 6) is -0.382. The lowest BCUT2D eigenvalue weighted by molar-refractivity contribution is -0.128. The van der Waals surface area contributed by atoms with E-state index in [0.717, 1.165) is 19.3 Å². The number of fused-ring (bicyclic) bond motifs is 2. The predicted octanol–water partition coefficient (Wildman–Crippen LogP) is -0.414. The number of carbonyl (C=O) groups is 1. The number of primary amides is 1. The normalized spacial score (nSPS) is 45.1. The van der Waals surface area contributed by atoms with Gasteiger partial charge in [-0.15, -0.1) is 0 Å². The highest BCUT2D eigenvalue weighted by Crippen LogP contribution is 2.45. The van der Waals surface area contributed by atoms with E-state index >= 15 is 0 Å². The summed E-state index contributed by atoms with van der Waals surface area (Å²) in [6.07, 6.45) is 2.98. The summed E-state index contributed by atoms with van der Waals surface area (Å²) >= 11 is 0. The highest BCUT2D eigenvalue weighted by atomic mass is 16.5. The third-order valence-electron chi connectivity index (χ3n) is 3.04. The molecule has 2 fully saturated rings. The molecular weight excluding hydrogens is 156 g/mol. The van der Waals surface area contributed by atoms with Crippen LogP contribution < -0.4 is 11.1 Å². The second kappa shape index (κ2) is 2.44. The van der Waals surface area contributed by atoms with E-state index in [1.807, 2.05) is 7.05 Å². The van der Waals surface area contributed by atoms with Gasteiger partial charge >= 0.3 is 0 Å². The summed E-state index contributed by atoms with van der Waals surface area (Å²) in [6.45, 7) is 0. The van der Waals surface area contributed by atoms with E-state index in [0.29, 0.717) is 0 Å². The smallest absolute Gasteiger partial charge is 0.224 e. The van der Waals surface area contributed by atoms with Crippen molar-refractivity contribution in [2.75, 3.05) is 7.05 Å². The molecule has 3 N–H and O–H groups in total. The number of hydrogen-bond donors (Lipinski definition) is 2. The average Bonchev–Trinajstić information content (AvgIpc) is 2.60. The monoisotopic (exact) mass is 170 g/mol. The summed E-state index contributed by atoms with van der Waals surface area (Å²) in [6, 6.07) is 0. The van der Waals surface area contributed by atoms with Crippen molar-refractivity contribution in [3.63, 3.8) is 0 Å². The number of carbonyl (C=O) groups excluding carboxylic acids is 1. The molecule has 0 aliphatic carbocycles. The van der Waals surface area contributed by atoms with Crippen molar-refractivity contribution in [2.24, 2.45) is 11.7 Å². The Hall–Kier alpha value is -0.610. The van der Waals surface area contributed by atoms with Gasteiger partial charge < -0.3 is 10.5 Å². The Balaban J connectivity index is 2.22. The molecule has 3 atom stereocenters. The molecule has 2 rings (SSSR count). The van der Waals surface area contributed by atoms with E-state index in [4.69, 9.17) is 10.5 Å². The van der Waals surface area contributed by atoms with Gasteiger partial charge in [0.1, 0.15) is 5.72 Å². The first-order valence-electron chi connectivity index (χ1n) is 4.34. The first-order chi connectivity index (χ1) is 5.68. The Bertz CT molecular complexity index is 219. The fourth-order valence-corrected chi connectivity index (χ4v) is 2.37. The molecule has 2 saturated heterocycles. The molecular formula is C8H14N2O2. The van der Waals surface area contributed by atoms with E-state index in [1.54, 1.807) is 0 Å². The van der Waals surface area contributed by atoms with Gasteiger partial charge in [0.2, 0.25) is 5.91 Å². The second-order valence-corrected chi connectivity index (χ2v) is 3.61. The minimum Gasteiger partial charge on any atom is -0.369 e. The van der Waals surface area contributed by atoms with Crippen LogP contribution in [0.5, 0.6) is 0 Å². The summed E-state index contributed by atoms with van der Waals surface area (Å²) in [4.78, 5) is 11.1. The number of amides is 1. The first-order valence-corrected chi connectivity index (χ1v) is 4.34. The van der Waals surface area contributed by atoms with Gasteiger partial charge in [-0.1, -0.05) is 0 Å². The van der Waals surface area contributed by atoms with Crippen LogP contribution in [0.3, 0.4) is 0 Å². The third-order valence-corrected chi connectivity index (χ3v) is 3.04. The molecule has 2 bridgehead atoms. The van der Waals surface area contributed by atoms with Crippen LogP contribution in [0.1, 0.15) is 19.3 Å². The van der Waals surface area contributed by atoms with Gasteiger partial charge in [-0.2, -0.15) is 0 Å². The van der Waals surface area contributed by atoms with E-state index in [-0.39, 0.29) is 17.9 Å². The number of hydrogen-bond acceptors (Lipinski definition) is 3. The van der Waals surface area contributed by atoms with Gasteiger partial charge in [0, 0.05) is 0 Å². The topological polar surface area (TPSA) is 64.3 Å². The van der Waals surface area contributed by atoms with Crippen molar-refractivity contribution >= 4 is 5.91 Å². The minimum absolute atomic E-state index is 0.138. The van der Waals surface area contributed by atoms with Crippen LogP contribution in [0.25, 0.3) is 0 Å². The molecule has 0 saturated carbocycles. The average molecular weight is 170 g/mol. The van der Waals surface area contributed by atoms with Crippen molar-refractivity contribution in [2.45, 2.75) is 31.1 Å². The van der Waals surface area contributed by atoms with Crippen LogP contribution in [0.4, 0.5) is 0 Å². The summed E-state index contributed by atoms with van der Waals surface area (Å²) in [7, 11) is 1.82. The summed E-state index contributed by atoms with van der Waals surface area (Å²) in [5, 5.41) is 3.08. The lowest BCUT2D eigenvalue weighted by atomic mass is 9.84. The molecule has 2 aliphatic heterocycles. The summed E-state index contributed by atoms with van der Waals surface area (Å²) < 4.78 is 5.67. The molecule has 2 aliphatic rings. The van der Waals surface area contributed by atoms with Crippen molar-refractivity contribution < 1.29 is 9.53 Å². The summed E-state index contributed by atoms with van der Waals surface area (Å²) in [5.41, 5.74) is 4.85. The molecule has 0 aromatic heterocycles. The van der Waals surface area contributed by atoms with E-state index in [2.05, 4.69) is 5.32 Å². The highest BCUT2D eigenvalue weighted by Gasteiger charge is 2.55. The van der Waals surface area contributed by atoms with Gasteiger partial charge in [-0.25, -0.2) is 0 Å². The molecule has 0 radical (unpaired) electrons. The van der Waals surface area contributed by atoms with Gasteiger partial charge in [-0.05, 0) is 26.3 Å². The van der Waals surface area contributed by atoms with Crippen LogP contribution in [-0.2, 0) is 9.53 Å². The van der Waals surface area contributed by atoms with E-state index in [9.17, 15) is 4.79 Å². The molecule has 0 aromatic rings. The molecule has 2 heterocycles. The zero-order valence-electron chi connectivity index (χ0n) is 7.17. The number of rotatable bonds is 2. The van der Waals surface area contributed by atoms with Crippen LogP contribution in [0, 0.1) is 5.92 Å². The Kier molecular flexibility index (Phi) is 1.63. The molecule has 3 unspecified atom stereocenters. The zero-order chi connectivity index (χ0) is 8.77. The Morgan fingerprint density at radius 2 is 2.50 bits per heavy atom. The maximum absolute atomic E-state index is 11.1. The standard InChI is InChI=1S/C8H14N2O2/c1-10-8-3-2-5(12-8)4-6(8)7(9)11/h5-6,10H,2-4H2,1H3,(H2,9,11). The van der Waals surface area contributed by atoms with Gasteiger partial charge in [0.25, 0.3) is 0 Å². The lowest BCUT2D eigenvalue weighted by Gasteiger charge is -2.29. The third kappa shape index (κ3) is 0.881. The minimum atomic E-state index is -0.434. The number of nitrogens with two attached hydrogens (primary N) is 1. The van der Waals surface area contributed by atoms with Gasteiger partial charge in [-0.3, -0.25) is 10.1 Å². The molecule has 0 spiro atoms. The zero-order valence-corrected chi connectivity index (χ0v) is 7.17. The largest absolute Gasteiger partial charge is 0.369 e. The highest BCUT2D eigenvalue weighted by molar-refractivity contribution is 5.78. The quantitative estimate of drug-likeness (QED) is 0.592. The number of nitrogens with one attached hydrogen (secondary N) is 1. The van der Waals surface area contributed by atoms with E-state index < -0.39 is 5.72 Å².